The number of nitrogens with one attached hydrogen (secondary N) is 1. The number of carbonyl (C=O) groups is 2. The van der Waals surface area contributed by atoms with Crippen molar-refractivity contribution >= 4 is 28.3 Å². The van der Waals surface area contributed by atoms with Crippen molar-refractivity contribution in [2.24, 2.45) is 0 Å². The molecular weight excluding hydrogens is 444 g/mol. The predicted molar refractivity (Wildman–Crippen MR) is 138 cm³/mol. The number of piperidine rings is 1. The van der Waals surface area contributed by atoms with Crippen molar-refractivity contribution in [2.75, 3.05) is 31.5 Å². The molecule has 4 rings (SSSR count). The minimum atomic E-state index is -0.0407. The molecule has 178 valence electrons. The zero-order valence-electron chi connectivity index (χ0n) is 19.9. The molecule has 0 atom stereocenters. The summed E-state index contributed by atoms with van der Waals surface area (Å²) < 4.78 is 0. The van der Waals surface area contributed by atoms with Crippen LogP contribution in [0.1, 0.15) is 42.1 Å². The molecule has 2 heterocycles. The second kappa shape index (κ2) is 11.4. The lowest BCUT2D eigenvalue weighted by Gasteiger charge is -2.38. The van der Waals surface area contributed by atoms with Gasteiger partial charge >= 0.3 is 0 Å². The number of hydrogen-bond donors (Lipinski definition) is 1. The monoisotopic (exact) mass is 476 g/mol. The highest BCUT2D eigenvalue weighted by Gasteiger charge is 2.28. The lowest BCUT2D eigenvalue weighted by molar-refractivity contribution is -0.118. The maximum Gasteiger partial charge on any atom is 0.253 e. The Morgan fingerprint density at radius 1 is 1.09 bits per heavy atom. The van der Waals surface area contributed by atoms with Crippen molar-refractivity contribution in [3.8, 4) is 11.3 Å². The second-order valence-electron chi connectivity index (χ2n) is 8.81. The summed E-state index contributed by atoms with van der Waals surface area (Å²) in [5.74, 6) is 0.0491. The van der Waals surface area contributed by atoms with Gasteiger partial charge in [0.05, 0.1) is 12.2 Å². The molecule has 2 aromatic carbocycles. The van der Waals surface area contributed by atoms with Crippen molar-refractivity contribution in [3.63, 3.8) is 0 Å². The van der Waals surface area contributed by atoms with E-state index in [-0.39, 0.29) is 11.8 Å². The number of benzene rings is 2. The van der Waals surface area contributed by atoms with Crippen LogP contribution in [0.3, 0.4) is 0 Å². The van der Waals surface area contributed by atoms with Crippen molar-refractivity contribution in [1.82, 2.24) is 14.8 Å². The van der Waals surface area contributed by atoms with Crippen LogP contribution in [0.15, 0.2) is 60.0 Å². The molecule has 1 aliphatic rings. The van der Waals surface area contributed by atoms with Crippen LogP contribution in [0.2, 0.25) is 0 Å². The van der Waals surface area contributed by atoms with Crippen molar-refractivity contribution < 1.29 is 9.59 Å². The molecule has 2 amide bonds. The van der Waals surface area contributed by atoms with Crippen molar-refractivity contribution in [1.29, 1.82) is 0 Å². The molecule has 7 heteroatoms. The number of aromatic nitrogens is 1. The van der Waals surface area contributed by atoms with Gasteiger partial charge in [-0.15, -0.1) is 11.3 Å². The van der Waals surface area contributed by atoms with Crippen LogP contribution in [-0.4, -0.2) is 58.8 Å². The first-order valence-electron chi connectivity index (χ1n) is 11.9. The maximum atomic E-state index is 12.8. The number of aryl methyl sites for hydroxylation is 1. The van der Waals surface area contributed by atoms with Gasteiger partial charge < -0.3 is 10.2 Å². The summed E-state index contributed by atoms with van der Waals surface area (Å²) in [5.41, 5.74) is 3.87. The molecule has 6 nitrogen and oxygen atoms in total. The van der Waals surface area contributed by atoms with E-state index in [2.05, 4.69) is 41.2 Å². The number of anilines is 1. The van der Waals surface area contributed by atoms with E-state index in [9.17, 15) is 9.59 Å². The topological polar surface area (TPSA) is 65.5 Å². The lowest BCUT2D eigenvalue weighted by Crippen LogP contribution is -2.49. The fourth-order valence-electron chi connectivity index (χ4n) is 4.41. The van der Waals surface area contributed by atoms with Gasteiger partial charge in [0.25, 0.3) is 5.91 Å². The number of nitrogens with zero attached hydrogens (tertiary/aromatic N) is 3. The van der Waals surface area contributed by atoms with E-state index >= 15 is 0 Å². The summed E-state index contributed by atoms with van der Waals surface area (Å²) in [5, 5.41) is 5.58. The van der Waals surface area contributed by atoms with Crippen molar-refractivity contribution in [3.05, 3.63) is 71.1 Å². The first-order chi connectivity index (χ1) is 16.5. The minimum absolute atomic E-state index is 0.0407. The SMILES string of the molecule is CCCN(CC(=O)Nc1nc(-c2ccc(C)cc2)cs1)C1CCN(C(=O)c2ccccc2)CC1. The molecule has 0 unspecified atom stereocenters. The average molecular weight is 477 g/mol. The zero-order chi connectivity index (χ0) is 23.9. The Morgan fingerprint density at radius 3 is 2.47 bits per heavy atom. The first-order valence-corrected chi connectivity index (χ1v) is 12.8. The third kappa shape index (κ3) is 6.10. The van der Waals surface area contributed by atoms with Gasteiger partial charge in [-0.3, -0.25) is 14.5 Å². The molecule has 1 aromatic heterocycles. The molecule has 0 aliphatic carbocycles. The standard InChI is InChI=1S/C27H32N4O2S/c1-3-15-31(23-13-16-30(17-14-23)26(33)22-7-5-4-6-8-22)18-25(32)29-27-28-24(19-34-27)21-11-9-20(2)10-12-21/h4-12,19,23H,3,13-18H2,1-2H3,(H,28,29,32). The van der Waals surface area contributed by atoms with Crippen LogP contribution in [0.4, 0.5) is 5.13 Å². The van der Waals surface area contributed by atoms with Gasteiger partial charge in [0.15, 0.2) is 5.13 Å². The summed E-state index contributed by atoms with van der Waals surface area (Å²) in [6.45, 7) is 6.82. The van der Waals surface area contributed by atoms with Gasteiger partial charge in [-0.2, -0.15) is 0 Å². The molecule has 0 radical (unpaired) electrons. The summed E-state index contributed by atoms with van der Waals surface area (Å²) in [6.07, 6.45) is 2.73. The largest absolute Gasteiger partial charge is 0.339 e. The Bertz CT molecular complexity index is 1090. The number of rotatable bonds is 8. The van der Waals surface area contributed by atoms with E-state index in [1.54, 1.807) is 0 Å². The van der Waals surface area contributed by atoms with Crippen molar-refractivity contribution in [2.45, 2.75) is 39.2 Å². The molecular formula is C27H32N4O2S. The molecule has 0 bridgehead atoms. The van der Waals surface area contributed by atoms with Crippen LogP contribution in [0.25, 0.3) is 11.3 Å². The lowest BCUT2D eigenvalue weighted by atomic mass is 10.0. The Kier molecular flexibility index (Phi) is 8.08. The molecule has 1 aliphatic heterocycles. The van der Waals surface area contributed by atoms with Crippen LogP contribution < -0.4 is 5.32 Å². The first kappa shape index (κ1) is 24.1. The van der Waals surface area contributed by atoms with Crippen LogP contribution in [-0.2, 0) is 4.79 Å². The van der Waals surface area contributed by atoms with E-state index in [1.807, 2.05) is 52.7 Å². The highest BCUT2D eigenvalue weighted by atomic mass is 32.1. The van der Waals surface area contributed by atoms with Crippen LogP contribution in [0, 0.1) is 6.92 Å². The smallest absolute Gasteiger partial charge is 0.253 e. The molecule has 34 heavy (non-hydrogen) atoms. The number of amides is 2. The molecule has 0 spiro atoms. The van der Waals surface area contributed by atoms with Gasteiger partial charge in [0, 0.05) is 35.6 Å². The molecule has 1 N–H and O–H groups in total. The second-order valence-corrected chi connectivity index (χ2v) is 9.67. The fourth-order valence-corrected chi connectivity index (χ4v) is 5.14. The summed E-state index contributed by atoms with van der Waals surface area (Å²) in [7, 11) is 0. The highest BCUT2D eigenvalue weighted by Crippen LogP contribution is 2.25. The number of hydrogen-bond acceptors (Lipinski definition) is 5. The summed E-state index contributed by atoms with van der Waals surface area (Å²) >= 11 is 1.45. The van der Waals surface area contributed by atoms with E-state index in [1.165, 1.54) is 16.9 Å². The van der Waals surface area contributed by atoms with E-state index < -0.39 is 0 Å². The Balaban J connectivity index is 1.31. The van der Waals surface area contributed by atoms with E-state index in [0.29, 0.717) is 30.8 Å². The number of thiazole rings is 1. The predicted octanol–water partition coefficient (Wildman–Crippen LogP) is 5.07. The Morgan fingerprint density at radius 2 is 1.79 bits per heavy atom. The van der Waals surface area contributed by atoms with Crippen LogP contribution in [0.5, 0.6) is 0 Å². The molecule has 1 saturated heterocycles. The van der Waals surface area contributed by atoms with E-state index in [4.69, 9.17) is 0 Å². The third-order valence-electron chi connectivity index (χ3n) is 6.24. The quantitative estimate of drug-likeness (QED) is 0.493. The fraction of sp³-hybridized carbons (Fsp3) is 0.370. The number of carbonyl (C=O) groups excluding carboxylic acids is 2. The Hall–Kier alpha value is -3.03. The highest BCUT2D eigenvalue weighted by molar-refractivity contribution is 7.14. The molecule has 3 aromatic rings. The maximum absolute atomic E-state index is 12.8. The van der Waals surface area contributed by atoms with E-state index in [0.717, 1.165) is 42.6 Å². The zero-order valence-corrected chi connectivity index (χ0v) is 20.7. The average Bonchev–Trinajstić information content (AvgIpc) is 3.32. The summed E-state index contributed by atoms with van der Waals surface area (Å²) in [4.78, 5) is 34.4. The van der Waals surface area contributed by atoms with Crippen LogP contribution >= 0.6 is 11.3 Å². The normalized spacial score (nSPS) is 14.4. The minimum Gasteiger partial charge on any atom is -0.339 e. The number of likely N-dealkylation sites (tertiary alicyclic amines) is 1. The van der Waals surface area contributed by atoms with Gasteiger partial charge in [0.2, 0.25) is 5.91 Å². The Labute approximate surface area is 205 Å². The third-order valence-corrected chi connectivity index (χ3v) is 7.00. The molecule has 0 saturated carbocycles. The van der Waals surface area contributed by atoms with Gasteiger partial charge in [-0.05, 0) is 44.9 Å². The van der Waals surface area contributed by atoms with Gasteiger partial charge in [0.1, 0.15) is 0 Å². The molecule has 1 fully saturated rings. The summed E-state index contributed by atoms with van der Waals surface area (Å²) in [6, 6.07) is 18.0. The van der Waals surface area contributed by atoms with Gasteiger partial charge in [-0.1, -0.05) is 55.0 Å². The van der Waals surface area contributed by atoms with Gasteiger partial charge in [-0.25, -0.2) is 4.98 Å².